The van der Waals surface area contributed by atoms with E-state index in [1.54, 1.807) is 6.92 Å². The van der Waals surface area contributed by atoms with Gasteiger partial charge in [0.15, 0.2) is 0 Å². The molecule has 0 saturated heterocycles. The number of amides is 1. The maximum atomic E-state index is 12.6. The van der Waals surface area contributed by atoms with E-state index < -0.39 is 0 Å². The lowest BCUT2D eigenvalue weighted by Crippen LogP contribution is -2.24. The molecular formula is C19H18N2O3. The zero-order chi connectivity index (χ0) is 16.9. The Morgan fingerprint density at radius 1 is 1.08 bits per heavy atom. The molecule has 0 aliphatic rings. The van der Waals surface area contributed by atoms with Crippen LogP contribution in [0.25, 0.3) is 11.3 Å². The molecule has 3 rings (SSSR count). The van der Waals surface area contributed by atoms with Crippen molar-refractivity contribution in [2.45, 2.75) is 20.1 Å². The van der Waals surface area contributed by atoms with Gasteiger partial charge in [0.1, 0.15) is 17.0 Å². The third kappa shape index (κ3) is 3.21. The number of benzene rings is 2. The summed E-state index contributed by atoms with van der Waals surface area (Å²) in [5.74, 6) is 0.224. The number of rotatable bonds is 5. The minimum atomic E-state index is -0.250. The molecule has 122 valence electrons. The van der Waals surface area contributed by atoms with Crippen LogP contribution in [0.15, 0.2) is 59.1 Å². The quantitative estimate of drug-likeness (QED) is 0.757. The molecule has 0 aliphatic heterocycles. The normalized spacial score (nSPS) is 10.6. The molecule has 3 aromatic rings. The van der Waals surface area contributed by atoms with Crippen LogP contribution in [0, 0.1) is 6.92 Å². The maximum absolute atomic E-state index is 12.6. The van der Waals surface area contributed by atoms with Gasteiger partial charge < -0.3 is 14.9 Å². The molecule has 1 amide bonds. The molecule has 0 spiro atoms. The Morgan fingerprint density at radius 2 is 1.75 bits per heavy atom. The minimum absolute atomic E-state index is 0.0619. The average molecular weight is 322 g/mol. The summed E-state index contributed by atoms with van der Waals surface area (Å²) in [5.41, 5.74) is 3.46. The summed E-state index contributed by atoms with van der Waals surface area (Å²) in [6.07, 6.45) is 0. The van der Waals surface area contributed by atoms with Crippen molar-refractivity contribution in [2.24, 2.45) is 0 Å². The SMILES string of the molecule is Cc1onc(-c2ccccc2)c1C(=O)NCc1ccccc1CO. The fourth-order valence-electron chi connectivity index (χ4n) is 2.58. The van der Waals surface area contributed by atoms with E-state index in [9.17, 15) is 9.90 Å². The summed E-state index contributed by atoms with van der Waals surface area (Å²) in [4.78, 5) is 12.6. The van der Waals surface area contributed by atoms with E-state index in [0.717, 1.165) is 16.7 Å². The number of nitrogens with zero attached hydrogens (tertiary/aromatic N) is 1. The zero-order valence-electron chi connectivity index (χ0n) is 13.3. The van der Waals surface area contributed by atoms with Crippen LogP contribution < -0.4 is 5.32 Å². The number of carbonyl (C=O) groups excluding carboxylic acids is 1. The summed E-state index contributed by atoms with van der Waals surface area (Å²) in [5, 5.41) is 16.3. The number of hydrogen-bond donors (Lipinski definition) is 2. The Bertz CT molecular complexity index is 841. The molecule has 5 nitrogen and oxygen atoms in total. The summed E-state index contributed by atoms with van der Waals surface area (Å²) in [7, 11) is 0. The second-order valence-corrected chi connectivity index (χ2v) is 5.44. The van der Waals surface area contributed by atoms with Gasteiger partial charge in [0.25, 0.3) is 5.91 Å². The molecule has 0 bridgehead atoms. The predicted molar refractivity (Wildman–Crippen MR) is 90.2 cm³/mol. The number of aromatic nitrogens is 1. The lowest BCUT2D eigenvalue weighted by atomic mass is 10.1. The van der Waals surface area contributed by atoms with Gasteiger partial charge in [-0.1, -0.05) is 59.8 Å². The highest BCUT2D eigenvalue weighted by molar-refractivity contribution is 6.00. The van der Waals surface area contributed by atoms with Gasteiger partial charge in [-0.2, -0.15) is 0 Å². The molecule has 0 radical (unpaired) electrons. The van der Waals surface area contributed by atoms with Crippen LogP contribution in [0.2, 0.25) is 0 Å². The third-order valence-corrected chi connectivity index (χ3v) is 3.87. The molecular weight excluding hydrogens is 304 g/mol. The number of aryl methyl sites for hydroxylation is 1. The predicted octanol–water partition coefficient (Wildman–Crippen LogP) is 3.07. The zero-order valence-corrected chi connectivity index (χ0v) is 13.3. The fraction of sp³-hybridized carbons (Fsp3) is 0.158. The Hall–Kier alpha value is -2.92. The first-order valence-electron chi connectivity index (χ1n) is 7.68. The molecule has 0 aliphatic carbocycles. The van der Waals surface area contributed by atoms with E-state index in [1.807, 2.05) is 54.6 Å². The first-order valence-corrected chi connectivity index (χ1v) is 7.68. The van der Waals surface area contributed by atoms with Crippen molar-refractivity contribution >= 4 is 5.91 Å². The second-order valence-electron chi connectivity index (χ2n) is 5.44. The van der Waals surface area contributed by atoms with Crippen LogP contribution in [0.5, 0.6) is 0 Å². The standard InChI is InChI=1S/C19H18N2O3/c1-13-17(18(21-24-13)14-7-3-2-4-8-14)19(23)20-11-15-9-5-6-10-16(15)12-22/h2-10,22H,11-12H2,1H3,(H,20,23). The smallest absolute Gasteiger partial charge is 0.257 e. The van der Waals surface area contributed by atoms with Gasteiger partial charge in [-0.05, 0) is 18.1 Å². The number of aliphatic hydroxyl groups excluding tert-OH is 1. The van der Waals surface area contributed by atoms with E-state index in [0.29, 0.717) is 23.6 Å². The van der Waals surface area contributed by atoms with Crippen LogP contribution in [0.4, 0.5) is 0 Å². The van der Waals surface area contributed by atoms with Crippen molar-refractivity contribution in [1.29, 1.82) is 0 Å². The van der Waals surface area contributed by atoms with Crippen molar-refractivity contribution in [3.63, 3.8) is 0 Å². The Balaban J connectivity index is 1.82. The first kappa shape index (κ1) is 16.0. The minimum Gasteiger partial charge on any atom is -0.392 e. The summed E-state index contributed by atoms with van der Waals surface area (Å²) >= 11 is 0. The lowest BCUT2D eigenvalue weighted by molar-refractivity contribution is 0.0949. The van der Waals surface area contributed by atoms with E-state index in [-0.39, 0.29) is 12.5 Å². The van der Waals surface area contributed by atoms with Gasteiger partial charge >= 0.3 is 0 Å². The van der Waals surface area contributed by atoms with Gasteiger partial charge in [-0.15, -0.1) is 0 Å². The van der Waals surface area contributed by atoms with Gasteiger partial charge in [0.2, 0.25) is 0 Å². The van der Waals surface area contributed by atoms with Crippen molar-refractivity contribution in [1.82, 2.24) is 10.5 Å². The number of aliphatic hydroxyl groups is 1. The summed E-state index contributed by atoms with van der Waals surface area (Å²) in [6, 6.07) is 16.9. The Labute approximate surface area is 139 Å². The topological polar surface area (TPSA) is 75.4 Å². The highest BCUT2D eigenvalue weighted by atomic mass is 16.5. The number of hydrogen-bond acceptors (Lipinski definition) is 4. The van der Waals surface area contributed by atoms with Crippen molar-refractivity contribution in [2.75, 3.05) is 0 Å². The average Bonchev–Trinajstić information content (AvgIpc) is 3.02. The van der Waals surface area contributed by atoms with Crippen molar-refractivity contribution in [3.05, 3.63) is 77.0 Å². The van der Waals surface area contributed by atoms with E-state index in [4.69, 9.17) is 4.52 Å². The number of nitrogens with one attached hydrogen (secondary N) is 1. The molecule has 2 N–H and O–H groups in total. The van der Waals surface area contributed by atoms with Crippen LogP contribution in [0.1, 0.15) is 27.2 Å². The van der Waals surface area contributed by atoms with Crippen LogP contribution in [0.3, 0.4) is 0 Å². The molecule has 1 aromatic heterocycles. The molecule has 0 atom stereocenters. The van der Waals surface area contributed by atoms with Gasteiger partial charge in [-0.25, -0.2) is 0 Å². The van der Waals surface area contributed by atoms with Crippen LogP contribution >= 0.6 is 0 Å². The molecule has 5 heteroatoms. The van der Waals surface area contributed by atoms with E-state index in [2.05, 4.69) is 10.5 Å². The Kier molecular flexibility index (Phi) is 4.72. The first-order chi connectivity index (χ1) is 11.7. The molecule has 0 saturated carbocycles. The molecule has 0 unspecified atom stereocenters. The maximum Gasteiger partial charge on any atom is 0.257 e. The molecule has 24 heavy (non-hydrogen) atoms. The van der Waals surface area contributed by atoms with Crippen molar-refractivity contribution in [3.8, 4) is 11.3 Å². The van der Waals surface area contributed by atoms with Crippen LogP contribution in [-0.2, 0) is 13.2 Å². The largest absolute Gasteiger partial charge is 0.392 e. The van der Waals surface area contributed by atoms with Gasteiger partial charge in [0, 0.05) is 12.1 Å². The van der Waals surface area contributed by atoms with Gasteiger partial charge in [0.05, 0.1) is 6.61 Å². The number of carbonyl (C=O) groups is 1. The highest BCUT2D eigenvalue weighted by Crippen LogP contribution is 2.25. The van der Waals surface area contributed by atoms with Crippen LogP contribution in [-0.4, -0.2) is 16.2 Å². The van der Waals surface area contributed by atoms with E-state index >= 15 is 0 Å². The fourth-order valence-corrected chi connectivity index (χ4v) is 2.58. The summed E-state index contributed by atoms with van der Waals surface area (Å²) in [6.45, 7) is 1.98. The van der Waals surface area contributed by atoms with Crippen molar-refractivity contribution < 1.29 is 14.4 Å². The molecule has 2 aromatic carbocycles. The van der Waals surface area contributed by atoms with E-state index in [1.165, 1.54) is 0 Å². The second kappa shape index (κ2) is 7.10. The molecule has 0 fully saturated rings. The molecule has 1 heterocycles. The van der Waals surface area contributed by atoms with Gasteiger partial charge in [-0.3, -0.25) is 4.79 Å². The monoisotopic (exact) mass is 322 g/mol. The highest BCUT2D eigenvalue weighted by Gasteiger charge is 2.21. The Morgan fingerprint density at radius 3 is 2.46 bits per heavy atom. The summed E-state index contributed by atoms with van der Waals surface area (Å²) < 4.78 is 5.22. The lowest BCUT2D eigenvalue weighted by Gasteiger charge is -2.09. The third-order valence-electron chi connectivity index (χ3n) is 3.87.